The maximum absolute atomic E-state index is 11.8. The number of benzene rings is 1. The Kier molecular flexibility index (Phi) is 5.18. The predicted octanol–water partition coefficient (Wildman–Crippen LogP) is 3.10. The van der Waals surface area contributed by atoms with Gasteiger partial charge in [-0.25, -0.2) is 4.79 Å². The minimum Gasteiger partial charge on any atom is -0.481 e. The van der Waals surface area contributed by atoms with Gasteiger partial charge in [0.1, 0.15) is 0 Å². The lowest BCUT2D eigenvalue weighted by atomic mass is 9.99. The molecule has 0 saturated carbocycles. The molecule has 0 aliphatic heterocycles. The average Bonchev–Trinajstić information content (AvgIpc) is 2.25. The highest BCUT2D eigenvalue weighted by Gasteiger charge is 2.21. The number of aliphatic carboxylic acids is 1. The second-order valence-corrected chi connectivity index (χ2v) is 5.30. The molecule has 6 heteroatoms. The van der Waals surface area contributed by atoms with Gasteiger partial charge >= 0.3 is 12.0 Å². The van der Waals surface area contributed by atoms with E-state index in [1.807, 2.05) is 0 Å². The zero-order chi connectivity index (χ0) is 14.5. The van der Waals surface area contributed by atoms with Crippen molar-refractivity contribution in [1.82, 2.24) is 5.32 Å². The van der Waals surface area contributed by atoms with Crippen molar-refractivity contribution in [3.63, 3.8) is 0 Å². The zero-order valence-corrected chi connectivity index (χ0v) is 11.6. The van der Waals surface area contributed by atoms with Gasteiger partial charge in [0.2, 0.25) is 0 Å². The smallest absolute Gasteiger partial charge is 0.319 e. The molecular weight excluding hydrogens is 268 g/mol. The van der Waals surface area contributed by atoms with Crippen LogP contribution in [0, 0.1) is 0 Å². The van der Waals surface area contributed by atoms with E-state index in [1.165, 1.54) is 0 Å². The molecule has 0 heterocycles. The fourth-order valence-electron chi connectivity index (χ4n) is 1.52. The van der Waals surface area contributed by atoms with Gasteiger partial charge in [-0.3, -0.25) is 4.79 Å². The summed E-state index contributed by atoms with van der Waals surface area (Å²) in [6.45, 7) is 3.54. The molecule has 0 radical (unpaired) electrons. The summed E-state index contributed by atoms with van der Waals surface area (Å²) in [5.41, 5.74) is -0.0137. The van der Waals surface area contributed by atoms with Crippen LogP contribution in [-0.4, -0.2) is 22.6 Å². The minimum atomic E-state index is -0.884. The molecule has 0 aromatic heterocycles. The van der Waals surface area contributed by atoms with E-state index in [2.05, 4.69) is 10.6 Å². The van der Waals surface area contributed by atoms with Crippen molar-refractivity contribution < 1.29 is 14.7 Å². The molecule has 2 amide bonds. The van der Waals surface area contributed by atoms with Gasteiger partial charge in [0.05, 0.1) is 0 Å². The van der Waals surface area contributed by atoms with Gasteiger partial charge in [-0.05, 0) is 38.5 Å². The molecule has 0 aliphatic carbocycles. The van der Waals surface area contributed by atoms with Gasteiger partial charge in [0.15, 0.2) is 0 Å². The number of carboxylic acid groups (broad SMARTS) is 1. The molecule has 1 aromatic carbocycles. The minimum absolute atomic E-state index is 0.00441. The second kappa shape index (κ2) is 6.43. The van der Waals surface area contributed by atoms with Crippen LogP contribution in [0.4, 0.5) is 10.5 Å². The van der Waals surface area contributed by atoms with E-state index in [4.69, 9.17) is 16.7 Å². The Hall–Kier alpha value is -1.75. The molecule has 1 aromatic rings. The number of urea groups is 1. The summed E-state index contributed by atoms with van der Waals surface area (Å²) in [4.78, 5) is 22.3. The Bertz CT molecular complexity index is 475. The number of carbonyl (C=O) groups excluding carboxylic acids is 1. The van der Waals surface area contributed by atoms with E-state index in [9.17, 15) is 9.59 Å². The summed E-state index contributed by atoms with van der Waals surface area (Å²) >= 11 is 5.81. The van der Waals surface area contributed by atoms with Crippen LogP contribution in [0.15, 0.2) is 24.3 Å². The molecule has 104 valence electrons. The lowest BCUT2D eigenvalue weighted by Crippen LogP contribution is -2.45. The predicted molar refractivity (Wildman–Crippen MR) is 74.6 cm³/mol. The highest BCUT2D eigenvalue weighted by Crippen LogP contribution is 2.16. The third-order valence-corrected chi connectivity index (χ3v) is 2.73. The monoisotopic (exact) mass is 284 g/mol. The first kappa shape index (κ1) is 15.3. The average molecular weight is 285 g/mol. The lowest BCUT2D eigenvalue weighted by molar-refractivity contribution is -0.137. The Balaban J connectivity index is 2.52. The quantitative estimate of drug-likeness (QED) is 0.777. The summed E-state index contributed by atoms with van der Waals surface area (Å²) in [5, 5.41) is 14.5. The molecule has 3 N–H and O–H groups in total. The molecule has 0 bridgehead atoms. The largest absolute Gasteiger partial charge is 0.481 e. The van der Waals surface area contributed by atoms with Crippen LogP contribution in [0.3, 0.4) is 0 Å². The molecule has 19 heavy (non-hydrogen) atoms. The van der Waals surface area contributed by atoms with E-state index in [-0.39, 0.29) is 6.42 Å². The van der Waals surface area contributed by atoms with Crippen molar-refractivity contribution >= 4 is 29.3 Å². The summed E-state index contributed by atoms with van der Waals surface area (Å²) in [6, 6.07) is 6.40. The van der Waals surface area contributed by atoms with Crippen LogP contribution < -0.4 is 10.6 Å². The number of anilines is 1. The van der Waals surface area contributed by atoms with Crippen LogP contribution >= 0.6 is 11.6 Å². The topological polar surface area (TPSA) is 78.4 Å². The molecular formula is C13H17ClN2O3. The third kappa shape index (κ3) is 6.10. The summed E-state index contributed by atoms with van der Waals surface area (Å²) < 4.78 is 0. The van der Waals surface area contributed by atoms with Gasteiger partial charge in [-0.2, -0.15) is 0 Å². The number of carboxylic acids is 1. The van der Waals surface area contributed by atoms with E-state index in [0.29, 0.717) is 17.1 Å². The second-order valence-electron chi connectivity index (χ2n) is 4.87. The van der Waals surface area contributed by atoms with Crippen LogP contribution in [-0.2, 0) is 4.79 Å². The molecule has 0 unspecified atom stereocenters. The van der Waals surface area contributed by atoms with E-state index >= 15 is 0 Å². The number of rotatable bonds is 5. The fraction of sp³-hybridized carbons (Fsp3) is 0.385. The van der Waals surface area contributed by atoms with Gasteiger partial charge in [0.25, 0.3) is 0 Å². The standard InChI is InChI=1S/C13H17ClN2O3/c1-13(2,7-6-11(17)18)16-12(19)15-10-5-3-4-9(14)8-10/h3-5,8H,6-7H2,1-2H3,(H,17,18)(H2,15,16,19). The van der Waals surface area contributed by atoms with Crippen molar-refractivity contribution in [1.29, 1.82) is 0 Å². The zero-order valence-electron chi connectivity index (χ0n) is 10.9. The first-order chi connectivity index (χ1) is 8.78. The fourth-order valence-corrected chi connectivity index (χ4v) is 1.71. The van der Waals surface area contributed by atoms with Crippen molar-refractivity contribution in [2.75, 3.05) is 5.32 Å². The number of carbonyl (C=O) groups is 2. The maximum atomic E-state index is 11.8. The van der Waals surface area contributed by atoms with Gasteiger partial charge < -0.3 is 15.7 Å². The number of hydrogen-bond acceptors (Lipinski definition) is 2. The van der Waals surface area contributed by atoms with E-state index in [0.717, 1.165) is 0 Å². The normalized spacial score (nSPS) is 10.9. The maximum Gasteiger partial charge on any atom is 0.319 e. The third-order valence-electron chi connectivity index (χ3n) is 2.50. The van der Waals surface area contributed by atoms with Crippen LogP contribution in [0.25, 0.3) is 0 Å². The molecule has 0 saturated heterocycles. The van der Waals surface area contributed by atoms with E-state index < -0.39 is 17.5 Å². The molecule has 0 aliphatic rings. The number of halogens is 1. The van der Waals surface area contributed by atoms with Crippen LogP contribution in [0.1, 0.15) is 26.7 Å². The van der Waals surface area contributed by atoms with E-state index in [1.54, 1.807) is 38.1 Å². The number of hydrogen-bond donors (Lipinski definition) is 3. The van der Waals surface area contributed by atoms with Crippen molar-refractivity contribution in [2.45, 2.75) is 32.2 Å². The molecule has 0 atom stereocenters. The molecule has 0 fully saturated rings. The van der Waals surface area contributed by atoms with Gasteiger partial charge in [-0.1, -0.05) is 17.7 Å². The molecule has 1 rings (SSSR count). The number of amides is 2. The summed E-state index contributed by atoms with van der Waals surface area (Å²) in [6.07, 6.45) is 0.357. The van der Waals surface area contributed by atoms with Crippen molar-refractivity contribution in [3.8, 4) is 0 Å². The molecule has 0 spiro atoms. The first-order valence-corrected chi connectivity index (χ1v) is 6.23. The Morgan fingerprint density at radius 3 is 2.63 bits per heavy atom. The Morgan fingerprint density at radius 2 is 2.05 bits per heavy atom. The summed E-state index contributed by atoms with van der Waals surface area (Å²) in [7, 11) is 0. The Morgan fingerprint density at radius 1 is 1.37 bits per heavy atom. The van der Waals surface area contributed by atoms with Crippen molar-refractivity contribution in [3.05, 3.63) is 29.3 Å². The first-order valence-electron chi connectivity index (χ1n) is 5.85. The van der Waals surface area contributed by atoms with Crippen molar-refractivity contribution in [2.24, 2.45) is 0 Å². The summed E-state index contributed by atoms with van der Waals surface area (Å²) in [5.74, 6) is -0.884. The SMILES string of the molecule is CC(C)(CCC(=O)O)NC(=O)Nc1cccc(Cl)c1. The lowest BCUT2D eigenvalue weighted by Gasteiger charge is -2.25. The van der Waals surface area contributed by atoms with Gasteiger partial charge in [-0.15, -0.1) is 0 Å². The van der Waals surface area contributed by atoms with Crippen LogP contribution in [0.5, 0.6) is 0 Å². The highest BCUT2D eigenvalue weighted by atomic mass is 35.5. The van der Waals surface area contributed by atoms with Gasteiger partial charge in [0, 0.05) is 22.7 Å². The van der Waals surface area contributed by atoms with Crippen LogP contribution in [0.2, 0.25) is 5.02 Å². The Labute approximate surface area is 117 Å². The molecule has 5 nitrogen and oxygen atoms in total. The number of nitrogens with one attached hydrogen (secondary N) is 2. The highest BCUT2D eigenvalue weighted by molar-refractivity contribution is 6.30.